The van der Waals surface area contributed by atoms with Gasteiger partial charge in [-0.25, -0.2) is 4.79 Å². The van der Waals surface area contributed by atoms with Gasteiger partial charge in [-0.05, 0) is 145 Å². The second-order valence-corrected chi connectivity index (χ2v) is 22.7. The Hall–Kier alpha value is -7.70. The van der Waals surface area contributed by atoms with Gasteiger partial charge in [0.1, 0.15) is 54.1 Å². The molecule has 30 nitrogen and oxygen atoms in total. The zero-order chi connectivity index (χ0) is 65.8. The maximum Gasteiger partial charge on any atom is 0.326 e. The second kappa shape index (κ2) is 42.2. The van der Waals surface area contributed by atoms with Crippen molar-refractivity contribution in [3.05, 3.63) is 29.8 Å². The number of phenols is 1. The summed E-state index contributed by atoms with van der Waals surface area (Å²) in [6, 6.07) is -6.21. The van der Waals surface area contributed by atoms with Gasteiger partial charge < -0.3 is 97.6 Å². The molecule has 0 aliphatic heterocycles. The van der Waals surface area contributed by atoms with E-state index in [0.29, 0.717) is 63.6 Å². The van der Waals surface area contributed by atoms with Gasteiger partial charge in [0.15, 0.2) is 5.96 Å². The maximum absolute atomic E-state index is 14.5. The maximum atomic E-state index is 14.5. The zero-order valence-electron chi connectivity index (χ0n) is 51.3. The van der Waals surface area contributed by atoms with E-state index in [4.69, 9.17) is 34.4 Å². The Morgan fingerprint density at radius 1 is 0.483 bits per heavy atom. The summed E-state index contributed by atoms with van der Waals surface area (Å²) in [4.78, 5) is 153. The number of carboxylic acid groups (broad SMARTS) is 2. The number of unbranched alkanes of at least 4 members (excludes halogenated alkanes) is 3. The summed E-state index contributed by atoms with van der Waals surface area (Å²) < 4.78 is 0. The highest BCUT2D eigenvalue weighted by Gasteiger charge is 2.36. The number of rotatable bonds is 45. The molecular formula is C57H100N16O14. The number of nitrogens with two attached hydrogens (primary N) is 6. The van der Waals surface area contributed by atoms with E-state index >= 15 is 0 Å². The van der Waals surface area contributed by atoms with E-state index in [1.807, 2.05) is 0 Å². The number of aromatic hydroxyl groups is 1. The largest absolute Gasteiger partial charge is 0.508 e. The molecule has 0 radical (unpaired) electrons. The SMILES string of the molecule is CC(C)C[C@H](NC(=O)[C@H](CCCCN)NC(=O)CNC(=O)[C@H](CCCCN)NC(=O)[C@@H](N)CCCN=C(N)N)C(=O)N[C@@H](CCC(=O)O)C(=O)N[C@@H](Cc1ccc(O)cc1)C(=O)N[C@@H](CC(C)C)C(=O)N[C@H](C(=O)N[C@@H](CCCCN)C(=O)O)C(C)C. The van der Waals surface area contributed by atoms with E-state index in [1.165, 1.54) is 24.3 Å². The minimum Gasteiger partial charge on any atom is -0.508 e. The van der Waals surface area contributed by atoms with E-state index < -0.39 is 145 Å². The number of guanidine groups is 1. The molecule has 0 aliphatic rings. The van der Waals surface area contributed by atoms with Crippen molar-refractivity contribution in [2.45, 2.75) is 199 Å². The van der Waals surface area contributed by atoms with Crippen molar-refractivity contribution in [1.82, 2.24) is 47.9 Å². The highest BCUT2D eigenvalue weighted by molar-refractivity contribution is 5.98. The smallest absolute Gasteiger partial charge is 0.326 e. The summed E-state index contributed by atoms with van der Waals surface area (Å²) in [5.74, 6) is -11.3. The number of phenolic OH excluding ortho intramolecular Hbond substituents is 1. The van der Waals surface area contributed by atoms with Gasteiger partial charge in [-0.1, -0.05) is 53.7 Å². The van der Waals surface area contributed by atoms with Crippen molar-refractivity contribution in [1.29, 1.82) is 0 Å². The Labute approximate surface area is 509 Å². The van der Waals surface area contributed by atoms with Crippen LogP contribution in [-0.2, 0) is 59.2 Å². The van der Waals surface area contributed by atoms with Crippen molar-refractivity contribution >= 4 is 71.1 Å². The lowest BCUT2D eigenvalue weighted by atomic mass is 9.98. The Morgan fingerprint density at radius 3 is 1.38 bits per heavy atom. The monoisotopic (exact) mass is 1230 g/mol. The van der Waals surface area contributed by atoms with Crippen LogP contribution >= 0.6 is 0 Å². The second-order valence-electron chi connectivity index (χ2n) is 22.7. The molecule has 0 aliphatic carbocycles. The van der Waals surface area contributed by atoms with Gasteiger partial charge in [0, 0.05) is 19.4 Å². The minimum absolute atomic E-state index is 0.0219. The number of carboxylic acids is 2. The Kier molecular flexibility index (Phi) is 37.5. The van der Waals surface area contributed by atoms with Crippen molar-refractivity contribution in [2.75, 3.05) is 32.7 Å². The van der Waals surface area contributed by atoms with Crippen LogP contribution in [0.5, 0.6) is 5.75 Å². The van der Waals surface area contributed by atoms with Gasteiger partial charge >= 0.3 is 11.9 Å². The van der Waals surface area contributed by atoms with Crippen LogP contribution in [0.15, 0.2) is 29.3 Å². The van der Waals surface area contributed by atoms with Crippen LogP contribution in [0.1, 0.15) is 143 Å². The van der Waals surface area contributed by atoms with Gasteiger partial charge in [-0.3, -0.25) is 52.9 Å². The molecule has 1 rings (SSSR count). The molecule has 87 heavy (non-hydrogen) atoms. The lowest BCUT2D eigenvalue weighted by Gasteiger charge is -2.29. The Morgan fingerprint density at radius 2 is 0.908 bits per heavy atom. The fourth-order valence-electron chi connectivity index (χ4n) is 8.90. The van der Waals surface area contributed by atoms with Crippen LogP contribution in [0.2, 0.25) is 0 Å². The van der Waals surface area contributed by atoms with E-state index in [0.717, 1.165) is 0 Å². The molecule has 0 spiro atoms. The number of carbonyl (C=O) groups excluding carboxylic acids is 9. The fraction of sp³-hybridized carbons (Fsp3) is 0.684. The molecule has 0 aromatic heterocycles. The molecule has 0 bridgehead atoms. The van der Waals surface area contributed by atoms with Crippen molar-refractivity contribution < 1.29 is 68.1 Å². The molecular weight excluding hydrogens is 1130 g/mol. The first-order chi connectivity index (χ1) is 41.0. The third-order valence-electron chi connectivity index (χ3n) is 13.7. The number of nitrogens with zero attached hydrogens (tertiary/aromatic N) is 1. The molecule has 0 saturated heterocycles. The lowest BCUT2D eigenvalue weighted by Crippen LogP contribution is -2.61. The molecule has 0 heterocycles. The van der Waals surface area contributed by atoms with E-state index in [1.54, 1.807) is 41.5 Å². The minimum atomic E-state index is -1.65. The first-order valence-electron chi connectivity index (χ1n) is 29.9. The predicted molar refractivity (Wildman–Crippen MR) is 325 cm³/mol. The van der Waals surface area contributed by atoms with Gasteiger partial charge in [-0.2, -0.15) is 0 Å². The Balaban J connectivity index is 3.54. The average molecular weight is 1230 g/mol. The number of aliphatic imine (C=N–C) groups is 1. The lowest BCUT2D eigenvalue weighted by molar-refractivity contribution is -0.143. The van der Waals surface area contributed by atoms with Crippen LogP contribution in [-0.4, -0.2) is 173 Å². The highest BCUT2D eigenvalue weighted by atomic mass is 16.4. The molecule has 1 aromatic rings. The number of benzene rings is 1. The molecule has 9 amide bonds. The highest BCUT2D eigenvalue weighted by Crippen LogP contribution is 2.16. The molecule has 0 fully saturated rings. The summed E-state index contributed by atoms with van der Waals surface area (Å²) in [5.41, 5.74) is 34.2. The van der Waals surface area contributed by atoms with Gasteiger partial charge in [0.2, 0.25) is 53.2 Å². The normalized spacial score (nSPS) is 14.3. The molecule has 9 atom stereocenters. The average Bonchev–Trinajstić information content (AvgIpc) is 3.63. The van der Waals surface area contributed by atoms with Crippen LogP contribution < -0.4 is 82.3 Å². The zero-order valence-corrected chi connectivity index (χ0v) is 51.3. The first kappa shape index (κ1) is 77.3. The number of nitrogens with one attached hydrogen (secondary N) is 9. The number of aliphatic carboxylic acids is 2. The van der Waals surface area contributed by atoms with E-state index in [9.17, 15) is 68.1 Å². The summed E-state index contributed by atoms with van der Waals surface area (Å²) in [5, 5.41) is 52.9. The van der Waals surface area contributed by atoms with Crippen LogP contribution in [0.25, 0.3) is 0 Å². The number of hydrogen-bond donors (Lipinski definition) is 18. The molecule has 0 saturated carbocycles. The molecule has 1 aromatic carbocycles. The standard InChI is InChI=1S/C57H100N16O14/c1-32(2)28-42(70-50(80)39(16-8-11-25-59)66-45(75)31-65-49(79)38(15-7-10-24-58)67-48(78)37(61)14-13-27-64-57(62)63)52(82)68-40(22-23-46(76)77)51(81)72-44(30-35-18-20-36(74)21-19-35)53(83)71-43(29-33(3)4)54(84)73-47(34(5)6)55(85)69-41(56(86)87)17-9-12-26-60/h18-21,32-34,37-44,47,74H,7-17,22-31,58-61H2,1-6H3,(H,65,79)(H,66,75)(H,67,78)(H,68,82)(H,69,85)(H,70,80)(H,71,83)(H,72,81)(H,73,84)(H,76,77)(H,86,87)(H4,62,63,64)/t37-,38-,39-,40-,41-,42-,43-,44-,47-/m0/s1. The number of hydrogen-bond acceptors (Lipinski definition) is 17. The van der Waals surface area contributed by atoms with E-state index in [2.05, 4.69) is 52.8 Å². The third kappa shape index (κ3) is 32.6. The summed E-state index contributed by atoms with van der Waals surface area (Å²) in [7, 11) is 0. The number of carbonyl (C=O) groups is 11. The predicted octanol–water partition coefficient (Wildman–Crippen LogP) is -2.61. The number of amides is 9. The van der Waals surface area contributed by atoms with Crippen molar-refractivity contribution in [3.63, 3.8) is 0 Å². The van der Waals surface area contributed by atoms with E-state index in [-0.39, 0.29) is 81.6 Å². The molecule has 24 N–H and O–H groups in total. The topological polar surface area (TPSA) is 525 Å². The van der Waals surface area contributed by atoms with Crippen molar-refractivity contribution in [3.8, 4) is 5.75 Å². The fourth-order valence-corrected chi connectivity index (χ4v) is 8.90. The quantitative estimate of drug-likeness (QED) is 0.0181. The molecule has 492 valence electrons. The summed E-state index contributed by atoms with van der Waals surface area (Å²) in [6.07, 6.45) is 2.12. The van der Waals surface area contributed by atoms with Crippen LogP contribution in [0.3, 0.4) is 0 Å². The summed E-state index contributed by atoms with van der Waals surface area (Å²) >= 11 is 0. The van der Waals surface area contributed by atoms with Gasteiger partial charge in [0.25, 0.3) is 0 Å². The van der Waals surface area contributed by atoms with Crippen LogP contribution in [0, 0.1) is 17.8 Å². The van der Waals surface area contributed by atoms with Crippen molar-refractivity contribution in [2.24, 2.45) is 57.1 Å². The summed E-state index contributed by atoms with van der Waals surface area (Å²) in [6.45, 7) is 10.8. The van der Waals surface area contributed by atoms with Gasteiger partial charge in [-0.15, -0.1) is 0 Å². The van der Waals surface area contributed by atoms with Crippen LogP contribution in [0.4, 0.5) is 0 Å². The third-order valence-corrected chi connectivity index (χ3v) is 13.7. The Bertz CT molecular complexity index is 2390. The molecule has 0 unspecified atom stereocenters. The van der Waals surface area contributed by atoms with Gasteiger partial charge in [0.05, 0.1) is 12.6 Å². The molecule has 30 heteroatoms. The first-order valence-corrected chi connectivity index (χ1v) is 29.9.